The molecule has 0 saturated carbocycles. The molecule has 3 unspecified atom stereocenters. The number of rotatable bonds is 6. The molecule has 0 aliphatic carbocycles. The molecule has 0 spiro atoms. The predicted octanol–water partition coefficient (Wildman–Crippen LogP) is 5.95. The monoisotopic (exact) mass is 548 g/mol. The van der Waals surface area contributed by atoms with Crippen molar-refractivity contribution in [3.63, 3.8) is 0 Å². The van der Waals surface area contributed by atoms with E-state index in [9.17, 15) is 35.9 Å². The third-order valence-electron chi connectivity index (χ3n) is 6.99. The zero-order valence-electron chi connectivity index (χ0n) is 21.1. The molecule has 3 aromatic rings. The second-order valence-electron chi connectivity index (χ2n) is 9.65. The molecule has 0 bridgehead atoms. The average Bonchev–Trinajstić information content (AvgIpc) is 2.89. The molecule has 1 heterocycles. The Labute approximate surface area is 221 Å². The summed E-state index contributed by atoms with van der Waals surface area (Å²) in [7, 11) is 0. The Morgan fingerprint density at radius 2 is 1.31 bits per heavy atom. The van der Waals surface area contributed by atoms with Crippen LogP contribution in [0, 0.1) is 13.8 Å². The van der Waals surface area contributed by atoms with E-state index >= 15 is 0 Å². The van der Waals surface area contributed by atoms with Gasteiger partial charge in [-0.25, -0.2) is 0 Å². The summed E-state index contributed by atoms with van der Waals surface area (Å²) in [4.78, 5) is 26.9. The lowest BCUT2D eigenvalue weighted by molar-refractivity contribution is -0.138. The summed E-state index contributed by atoms with van der Waals surface area (Å²) >= 11 is 0. The number of halogens is 6. The van der Waals surface area contributed by atoms with Gasteiger partial charge < -0.3 is 5.32 Å². The first kappa shape index (κ1) is 28.5. The Balaban J connectivity index is 1.71. The van der Waals surface area contributed by atoms with Gasteiger partial charge in [0.2, 0.25) is 0 Å². The molecule has 1 aliphatic rings. The SMILES string of the molecule is Cc1ccc(CC2NCC(C(=O)c3ccccc3C(F)(F)F)NC2C(=O)c2ccccc2C(F)(F)F)cc1C. The van der Waals surface area contributed by atoms with Crippen molar-refractivity contribution in [2.24, 2.45) is 0 Å². The fraction of sp³-hybridized carbons (Fsp3) is 0.310. The van der Waals surface area contributed by atoms with Gasteiger partial charge in [0, 0.05) is 23.7 Å². The number of benzene rings is 3. The van der Waals surface area contributed by atoms with Gasteiger partial charge in [0.1, 0.15) is 0 Å². The van der Waals surface area contributed by atoms with E-state index < -0.39 is 64.3 Å². The molecule has 0 aromatic heterocycles. The number of hydrogen-bond acceptors (Lipinski definition) is 4. The number of hydrogen-bond donors (Lipinski definition) is 2. The summed E-state index contributed by atoms with van der Waals surface area (Å²) < 4.78 is 81.9. The minimum atomic E-state index is -4.81. The van der Waals surface area contributed by atoms with Gasteiger partial charge >= 0.3 is 12.4 Å². The van der Waals surface area contributed by atoms with Crippen LogP contribution < -0.4 is 10.6 Å². The third-order valence-corrected chi connectivity index (χ3v) is 6.99. The lowest BCUT2D eigenvalue weighted by Crippen LogP contribution is -2.66. The van der Waals surface area contributed by atoms with Crippen molar-refractivity contribution in [2.45, 2.75) is 50.7 Å². The molecule has 1 aliphatic heterocycles. The number of carbonyl (C=O) groups excluding carboxylic acids is 2. The van der Waals surface area contributed by atoms with Gasteiger partial charge in [-0.2, -0.15) is 26.3 Å². The van der Waals surface area contributed by atoms with E-state index in [0.29, 0.717) is 0 Å². The number of nitrogens with one attached hydrogen (secondary N) is 2. The highest BCUT2D eigenvalue weighted by atomic mass is 19.4. The van der Waals surface area contributed by atoms with Crippen LogP contribution in [0.2, 0.25) is 0 Å². The van der Waals surface area contributed by atoms with Crippen LogP contribution in [0.15, 0.2) is 66.7 Å². The van der Waals surface area contributed by atoms with E-state index in [2.05, 4.69) is 10.6 Å². The number of piperazine rings is 1. The summed E-state index contributed by atoms with van der Waals surface area (Å²) in [5.41, 5.74) is -0.590. The molecule has 3 atom stereocenters. The van der Waals surface area contributed by atoms with Crippen LogP contribution in [0.1, 0.15) is 48.5 Å². The molecule has 0 amide bonds. The van der Waals surface area contributed by atoms with Gasteiger partial charge in [-0.05, 0) is 49.1 Å². The minimum absolute atomic E-state index is 0.120. The van der Waals surface area contributed by atoms with Gasteiger partial charge in [-0.1, -0.05) is 54.6 Å². The highest BCUT2D eigenvalue weighted by molar-refractivity contribution is 6.05. The van der Waals surface area contributed by atoms with Crippen molar-refractivity contribution in [2.75, 3.05) is 6.54 Å². The van der Waals surface area contributed by atoms with Crippen molar-refractivity contribution in [3.8, 4) is 0 Å². The molecular formula is C29H26F6N2O2. The molecule has 1 saturated heterocycles. The smallest absolute Gasteiger partial charge is 0.310 e. The van der Waals surface area contributed by atoms with Crippen LogP contribution >= 0.6 is 0 Å². The van der Waals surface area contributed by atoms with Crippen molar-refractivity contribution in [1.82, 2.24) is 10.6 Å². The van der Waals surface area contributed by atoms with E-state index in [4.69, 9.17) is 0 Å². The zero-order chi connectivity index (χ0) is 28.5. The topological polar surface area (TPSA) is 58.2 Å². The molecule has 2 N–H and O–H groups in total. The van der Waals surface area contributed by atoms with Gasteiger partial charge in [-0.15, -0.1) is 0 Å². The Bertz CT molecular complexity index is 1380. The lowest BCUT2D eigenvalue weighted by Gasteiger charge is -2.38. The van der Waals surface area contributed by atoms with Gasteiger partial charge in [0.05, 0.1) is 23.2 Å². The summed E-state index contributed by atoms with van der Waals surface area (Å²) in [6.07, 6.45) is -9.36. The van der Waals surface area contributed by atoms with Gasteiger partial charge in [0.15, 0.2) is 11.6 Å². The maximum Gasteiger partial charge on any atom is 0.417 e. The first-order valence-corrected chi connectivity index (χ1v) is 12.2. The summed E-state index contributed by atoms with van der Waals surface area (Å²) in [5.74, 6) is -1.83. The molecular weight excluding hydrogens is 522 g/mol. The molecule has 1 fully saturated rings. The highest BCUT2D eigenvalue weighted by Gasteiger charge is 2.43. The molecule has 3 aromatic carbocycles. The van der Waals surface area contributed by atoms with Crippen LogP contribution in [0.4, 0.5) is 26.3 Å². The number of ketones is 2. The fourth-order valence-corrected chi connectivity index (χ4v) is 4.83. The lowest BCUT2D eigenvalue weighted by atomic mass is 9.86. The van der Waals surface area contributed by atoms with Crippen LogP contribution in [-0.2, 0) is 18.8 Å². The predicted molar refractivity (Wildman–Crippen MR) is 134 cm³/mol. The van der Waals surface area contributed by atoms with Crippen molar-refractivity contribution in [3.05, 3.63) is 106 Å². The first-order valence-electron chi connectivity index (χ1n) is 12.2. The standard InChI is InChI=1S/C29H26F6N2O2/c1-16-11-12-18(13-17(16)2)14-23-25(27(39)20-8-4-6-10-22(20)29(33,34)35)37-24(15-36-23)26(38)19-7-3-5-9-21(19)28(30,31)32/h3-13,23-25,36-37H,14-15H2,1-2H3. The molecule has 10 heteroatoms. The molecule has 4 rings (SSSR count). The normalized spacial score (nSPS) is 20.1. The number of aryl methyl sites for hydroxylation is 2. The van der Waals surface area contributed by atoms with Gasteiger partial charge in [-0.3, -0.25) is 14.9 Å². The fourth-order valence-electron chi connectivity index (χ4n) is 4.83. The van der Waals surface area contributed by atoms with Crippen molar-refractivity contribution >= 4 is 11.6 Å². The Morgan fingerprint density at radius 1 is 0.769 bits per heavy atom. The molecule has 206 valence electrons. The number of Topliss-reactive ketones (excluding diaryl/α,β-unsaturated/α-hetero) is 2. The largest absolute Gasteiger partial charge is 0.417 e. The van der Waals surface area contributed by atoms with Crippen LogP contribution in [0.25, 0.3) is 0 Å². The van der Waals surface area contributed by atoms with Crippen molar-refractivity contribution < 1.29 is 35.9 Å². The van der Waals surface area contributed by atoms with Crippen LogP contribution in [0.3, 0.4) is 0 Å². The Morgan fingerprint density at radius 3 is 1.85 bits per heavy atom. The highest BCUT2D eigenvalue weighted by Crippen LogP contribution is 2.34. The second-order valence-corrected chi connectivity index (χ2v) is 9.65. The summed E-state index contributed by atoms with van der Waals surface area (Å²) in [6.45, 7) is 3.71. The quantitative estimate of drug-likeness (QED) is 0.296. The summed E-state index contributed by atoms with van der Waals surface area (Å²) in [6, 6.07) is 10.9. The average molecular weight is 549 g/mol. The molecule has 4 nitrogen and oxygen atoms in total. The Hall–Kier alpha value is -3.50. The van der Waals surface area contributed by atoms with Crippen LogP contribution in [0.5, 0.6) is 0 Å². The second kappa shape index (κ2) is 10.9. The van der Waals surface area contributed by atoms with E-state index in [-0.39, 0.29) is 13.0 Å². The number of alkyl halides is 6. The third kappa shape index (κ3) is 6.23. The minimum Gasteiger partial charge on any atom is -0.310 e. The molecule has 0 radical (unpaired) electrons. The van der Waals surface area contributed by atoms with Crippen molar-refractivity contribution in [1.29, 1.82) is 0 Å². The van der Waals surface area contributed by atoms with E-state index in [1.54, 1.807) is 0 Å². The van der Waals surface area contributed by atoms with Gasteiger partial charge in [0.25, 0.3) is 0 Å². The number of carbonyl (C=O) groups is 2. The zero-order valence-corrected chi connectivity index (χ0v) is 21.1. The van der Waals surface area contributed by atoms with E-state index in [0.717, 1.165) is 47.0 Å². The Kier molecular flexibility index (Phi) is 7.99. The maximum absolute atomic E-state index is 13.7. The van der Waals surface area contributed by atoms with E-state index in [1.807, 2.05) is 32.0 Å². The first-order chi connectivity index (χ1) is 18.3. The van der Waals surface area contributed by atoms with E-state index in [1.165, 1.54) is 18.2 Å². The van der Waals surface area contributed by atoms with Crippen LogP contribution in [-0.4, -0.2) is 36.2 Å². The maximum atomic E-state index is 13.7. The summed E-state index contributed by atoms with van der Waals surface area (Å²) in [5, 5.41) is 5.86. The molecule has 39 heavy (non-hydrogen) atoms.